The summed E-state index contributed by atoms with van der Waals surface area (Å²) in [6, 6.07) is 17.3. The molecule has 3 aromatic carbocycles. The van der Waals surface area contributed by atoms with Gasteiger partial charge in [0, 0.05) is 47.7 Å². The van der Waals surface area contributed by atoms with Crippen LogP contribution in [0.25, 0.3) is 32.8 Å². The van der Waals surface area contributed by atoms with Gasteiger partial charge in [-0.3, -0.25) is 4.68 Å². The number of carbonyl (C=O) groups is 2. The Kier molecular flexibility index (Phi) is 9.85. The molecule has 1 aliphatic heterocycles. The summed E-state index contributed by atoms with van der Waals surface area (Å²) in [6.07, 6.45) is -2.31. The SMILES string of the molecule is Cc1c2c(nn1C)CNCCCCn1c(C(=O)O)c(CCCOc3cccc4ccccc34)c3ccc(F)c-2c31.O=C(O)C(F)(F)F. The van der Waals surface area contributed by atoms with E-state index in [9.17, 15) is 23.1 Å². The first-order chi connectivity index (χ1) is 22.4. The summed E-state index contributed by atoms with van der Waals surface area (Å²) in [7, 11) is 1.86. The minimum atomic E-state index is -5.08. The number of aliphatic carboxylic acids is 1. The first-order valence-corrected chi connectivity index (χ1v) is 15.1. The van der Waals surface area contributed by atoms with Crippen molar-refractivity contribution in [2.45, 2.75) is 51.9 Å². The number of aromatic nitrogens is 3. The highest BCUT2D eigenvalue weighted by Gasteiger charge is 2.38. The van der Waals surface area contributed by atoms with Gasteiger partial charge < -0.3 is 24.8 Å². The molecule has 47 heavy (non-hydrogen) atoms. The second kappa shape index (κ2) is 13.8. The topological polar surface area (TPSA) is 119 Å². The predicted molar refractivity (Wildman–Crippen MR) is 168 cm³/mol. The molecule has 0 saturated heterocycles. The third-order valence-electron chi connectivity index (χ3n) is 8.24. The number of hydrogen-bond acceptors (Lipinski definition) is 5. The van der Waals surface area contributed by atoms with Gasteiger partial charge in [0.25, 0.3) is 0 Å². The van der Waals surface area contributed by atoms with Crippen LogP contribution in [0, 0.1) is 12.7 Å². The Balaban J connectivity index is 0.000000559. The highest BCUT2D eigenvalue weighted by molar-refractivity contribution is 6.04. The molecule has 0 spiro atoms. The lowest BCUT2D eigenvalue weighted by Crippen LogP contribution is -2.21. The van der Waals surface area contributed by atoms with Crippen LogP contribution in [0.1, 0.15) is 46.7 Å². The summed E-state index contributed by atoms with van der Waals surface area (Å²) in [5, 5.41) is 28.6. The standard InChI is InChI=1S/C32H33FN4O3.C2HF3O2/c1-20-28-26(35-36(20)2)19-34-16-5-6-17-37-30-24(14-15-25(33)29(28)30)23(31(37)32(38)39)12-8-18-40-27-13-7-10-21-9-3-4-11-22(21)27;3-2(4,5)1(6)7/h3-4,7,9-11,13-15,34H,5-6,8,12,16-19H2,1-2H3,(H,38,39);(H,6,7). The zero-order chi connectivity index (χ0) is 33.9. The van der Waals surface area contributed by atoms with Crippen LogP contribution in [0.15, 0.2) is 54.6 Å². The third-order valence-corrected chi connectivity index (χ3v) is 8.24. The number of halogens is 4. The fourth-order valence-corrected chi connectivity index (χ4v) is 6.06. The Morgan fingerprint density at radius 3 is 2.45 bits per heavy atom. The van der Waals surface area contributed by atoms with Crippen LogP contribution in [-0.4, -0.2) is 55.8 Å². The molecule has 0 fully saturated rings. The van der Waals surface area contributed by atoms with Gasteiger partial charge in [-0.25, -0.2) is 14.0 Å². The number of nitrogens with zero attached hydrogens (tertiary/aromatic N) is 3. The van der Waals surface area contributed by atoms with Crippen LogP contribution in [0.5, 0.6) is 5.75 Å². The summed E-state index contributed by atoms with van der Waals surface area (Å²) in [6.45, 7) is 4.17. The van der Waals surface area contributed by atoms with Crippen molar-refractivity contribution in [2.24, 2.45) is 7.05 Å². The molecule has 5 aromatic rings. The lowest BCUT2D eigenvalue weighted by atomic mass is 9.97. The average Bonchev–Trinajstić information content (AvgIpc) is 3.48. The van der Waals surface area contributed by atoms with E-state index in [-0.39, 0.29) is 11.5 Å². The normalized spacial score (nSPS) is 13.4. The molecule has 0 atom stereocenters. The van der Waals surface area contributed by atoms with Gasteiger partial charge in [0.1, 0.15) is 17.3 Å². The van der Waals surface area contributed by atoms with Crippen LogP contribution in [0.4, 0.5) is 17.6 Å². The van der Waals surface area contributed by atoms with Gasteiger partial charge in [0.15, 0.2) is 0 Å². The Bertz CT molecular complexity index is 1940. The number of carboxylic acids is 2. The van der Waals surface area contributed by atoms with E-state index < -0.39 is 18.1 Å². The van der Waals surface area contributed by atoms with Crippen LogP contribution in [-0.2, 0) is 31.4 Å². The second-order valence-corrected chi connectivity index (χ2v) is 11.2. The van der Waals surface area contributed by atoms with Gasteiger partial charge in [-0.2, -0.15) is 18.3 Å². The number of fused-ring (bicyclic) bond motifs is 3. The number of ether oxygens (including phenoxy) is 1. The van der Waals surface area contributed by atoms with Crippen molar-refractivity contribution in [1.29, 1.82) is 0 Å². The average molecular weight is 655 g/mol. The van der Waals surface area contributed by atoms with E-state index in [0.717, 1.165) is 63.8 Å². The molecule has 9 nitrogen and oxygen atoms in total. The highest BCUT2D eigenvalue weighted by atomic mass is 19.4. The summed E-state index contributed by atoms with van der Waals surface area (Å²) in [5.41, 5.74) is 4.39. The molecule has 0 amide bonds. The number of rotatable bonds is 6. The number of aryl methyl sites for hydroxylation is 3. The summed E-state index contributed by atoms with van der Waals surface area (Å²) >= 11 is 0. The Morgan fingerprint density at radius 2 is 1.72 bits per heavy atom. The predicted octanol–water partition coefficient (Wildman–Crippen LogP) is 6.87. The minimum Gasteiger partial charge on any atom is -0.493 e. The van der Waals surface area contributed by atoms with Crippen molar-refractivity contribution >= 4 is 33.6 Å². The number of alkyl halides is 3. The molecular formula is C34H34F4N4O5. The fraction of sp³-hybridized carbons (Fsp3) is 0.324. The highest BCUT2D eigenvalue weighted by Crippen LogP contribution is 2.40. The molecule has 3 heterocycles. The Hall–Kier alpha value is -4.91. The van der Waals surface area contributed by atoms with Crippen molar-refractivity contribution in [2.75, 3.05) is 13.2 Å². The summed E-state index contributed by atoms with van der Waals surface area (Å²) < 4.78 is 57.3. The maximum absolute atomic E-state index is 15.8. The van der Waals surface area contributed by atoms with Gasteiger partial charge in [0.05, 0.1) is 17.8 Å². The largest absolute Gasteiger partial charge is 0.493 e. The van der Waals surface area contributed by atoms with Crippen molar-refractivity contribution in [1.82, 2.24) is 19.7 Å². The molecule has 0 aliphatic carbocycles. The molecule has 1 aliphatic rings. The molecule has 6 rings (SSSR count). The fourth-order valence-electron chi connectivity index (χ4n) is 6.06. The van der Waals surface area contributed by atoms with Crippen molar-refractivity contribution in [3.05, 3.63) is 83.1 Å². The Morgan fingerprint density at radius 1 is 1.00 bits per heavy atom. The molecule has 0 unspecified atom stereocenters. The molecule has 0 saturated carbocycles. The molecule has 13 heteroatoms. The van der Waals surface area contributed by atoms with E-state index in [1.54, 1.807) is 10.7 Å². The molecule has 248 valence electrons. The molecular weight excluding hydrogens is 620 g/mol. The molecule has 0 bridgehead atoms. The van der Waals surface area contributed by atoms with E-state index in [0.29, 0.717) is 43.6 Å². The maximum atomic E-state index is 15.8. The first-order valence-electron chi connectivity index (χ1n) is 15.1. The number of hydrogen-bond donors (Lipinski definition) is 3. The van der Waals surface area contributed by atoms with Gasteiger partial charge >= 0.3 is 18.1 Å². The number of aromatic carboxylic acids is 1. The second-order valence-electron chi connectivity index (χ2n) is 11.2. The Labute approximate surface area is 267 Å². The smallest absolute Gasteiger partial charge is 0.490 e. The first kappa shape index (κ1) is 33.5. The number of benzene rings is 3. The third kappa shape index (κ3) is 6.94. The lowest BCUT2D eigenvalue weighted by molar-refractivity contribution is -0.192. The van der Waals surface area contributed by atoms with Crippen LogP contribution in [0.3, 0.4) is 0 Å². The monoisotopic (exact) mass is 654 g/mol. The van der Waals surface area contributed by atoms with E-state index in [2.05, 4.69) is 22.5 Å². The quantitative estimate of drug-likeness (QED) is 0.135. The van der Waals surface area contributed by atoms with E-state index >= 15 is 4.39 Å². The van der Waals surface area contributed by atoms with Gasteiger partial charge in [-0.05, 0) is 68.3 Å². The van der Waals surface area contributed by atoms with Crippen molar-refractivity contribution < 1.29 is 42.1 Å². The van der Waals surface area contributed by atoms with E-state index in [1.165, 1.54) is 6.07 Å². The molecule has 3 N–H and O–H groups in total. The van der Waals surface area contributed by atoms with Crippen LogP contribution in [0.2, 0.25) is 0 Å². The summed E-state index contributed by atoms with van der Waals surface area (Å²) in [5.74, 6) is -3.31. The zero-order valence-corrected chi connectivity index (χ0v) is 25.8. The van der Waals surface area contributed by atoms with Crippen LogP contribution >= 0.6 is 0 Å². The number of nitrogens with one attached hydrogen (secondary N) is 1. The van der Waals surface area contributed by atoms with E-state index in [1.807, 2.05) is 48.9 Å². The van der Waals surface area contributed by atoms with Crippen molar-refractivity contribution in [3.8, 4) is 16.9 Å². The van der Waals surface area contributed by atoms with Gasteiger partial charge in [-0.15, -0.1) is 0 Å². The van der Waals surface area contributed by atoms with Crippen molar-refractivity contribution in [3.63, 3.8) is 0 Å². The summed E-state index contributed by atoms with van der Waals surface area (Å²) in [4.78, 5) is 21.6. The van der Waals surface area contributed by atoms with Crippen LogP contribution < -0.4 is 10.1 Å². The number of carboxylic acid groups (broad SMARTS) is 2. The van der Waals surface area contributed by atoms with Gasteiger partial charge in [0.2, 0.25) is 0 Å². The molecule has 0 radical (unpaired) electrons. The maximum Gasteiger partial charge on any atom is 0.490 e. The minimum absolute atomic E-state index is 0.238. The van der Waals surface area contributed by atoms with E-state index in [4.69, 9.17) is 14.6 Å². The molecule has 2 aromatic heterocycles. The van der Waals surface area contributed by atoms with Gasteiger partial charge in [-0.1, -0.05) is 36.4 Å². The zero-order valence-electron chi connectivity index (χ0n) is 25.8. The lowest BCUT2D eigenvalue weighted by Gasteiger charge is -2.13.